The summed E-state index contributed by atoms with van der Waals surface area (Å²) in [5.74, 6) is -0.103. The monoisotopic (exact) mass is 318 g/mol. The molecule has 0 heterocycles. The lowest BCUT2D eigenvalue weighted by molar-refractivity contribution is 0.288. The number of hydrogen-bond acceptors (Lipinski definition) is 1. The minimum absolute atomic E-state index is 0.154. The zero-order valence-electron chi connectivity index (χ0n) is 9.80. The molecule has 0 saturated heterocycles. The quantitative estimate of drug-likeness (QED) is 0.681. The lowest BCUT2D eigenvalue weighted by Crippen LogP contribution is -2.00. The van der Waals surface area contributed by atoms with E-state index in [1.54, 1.807) is 30.3 Å². The summed E-state index contributed by atoms with van der Waals surface area (Å²) in [5.41, 5.74) is 1.33. The summed E-state index contributed by atoms with van der Waals surface area (Å²) in [6.45, 7) is 0.154. The van der Waals surface area contributed by atoms with Gasteiger partial charge in [-0.15, -0.1) is 11.6 Å². The summed E-state index contributed by atoms with van der Waals surface area (Å²) in [6.07, 6.45) is 0. The Balaban J connectivity index is 2.19. The summed E-state index contributed by atoms with van der Waals surface area (Å²) < 4.78 is 19.1. The predicted octanol–water partition coefficient (Wildman–Crippen LogP) is 5.45. The largest absolute Gasteiger partial charge is 0.485 e. The third-order valence-corrected chi connectivity index (χ3v) is 3.45. The van der Waals surface area contributed by atoms with Gasteiger partial charge in [0.1, 0.15) is 6.61 Å². The summed E-state index contributed by atoms with van der Waals surface area (Å²) in [4.78, 5) is 0. The van der Waals surface area contributed by atoms with E-state index in [0.717, 1.165) is 5.56 Å². The molecule has 100 valence electrons. The molecule has 2 rings (SSSR count). The highest BCUT2D eigenvalue weighted by molar-refractivity contribution is 6.35. The third-order valence-electron chi connectivity index (χ3n) is 2.58. The molecule has 0 N–H and O–H groups in total. The van der Waals surface area contributed by atoms with Crippen LogP contribution in [0.25, 0.3) is 0 Å². The Labute approximate surface area is 125 Å². The number of alkyl halides is 1. The summed E-state index contributed by atoms with van der Waals surface area (Å²) in [6, 6.07) is 9.70. The number of hydrogen-bond donors (Lipinski definition) is 0. The van der Waals surface area contributed by atoms with Crippen LogP contribution in [-0.4, -0.2) is 0 Å². The number of para-hydroxylation sites is 1. The van der Waals surface area contributed by atoms with E-state index in [0.29, 0.717) is 15.6 Å². The number of rotatable bonds is 4. The highest BCUT2D eigenvalue weighted by atomic mass is 35.5. The normalized spacial score (nSPS) is 10.5. The molecule has 0 aromatic heterocycles. The molecule has 0 atom stereocenters. The first-order valence-electron chi connectivity index (χ1n) is 5.52. The lowest BCUT2D eigenvalue weighted by Gasteiger charge is -2.12. The average molecular weight is 320 g/mol. The minimum atomic E-state index is -0.441. The zero-order chi connectivity index (χ0) is 13.8. The second-order valence-electron chi connectivity index (χ2n) is 3.89. The maximum Gasteiger partial charge on any atom is 0.165 e. The second kappa shape index (κ2) is 6.47. The van der Waals surface area contributed by atoms with E-state index in [1.165, 1.54) is 6.07 Å². The molecule has 5 heteroatoms. The van der Waals surface area contributed by atoms with Crippen LogP contribution in [-0.2, 0) is 12.5 Å². The fourth-order valence-corrected chi connectivity index (χ4v) is 2.28. The molecule has 0 unspecified atom stereocenters. The molecule has 0 fully saturated rings. The van der Waals surface area contributed by atoms with Crippen LogP contribution in [0.1, 0.15) is 11.1 Å². The van der Waals surface area contributed by atoms with Gasteiger partial charge in [-0.2, -0.15) is 0 Å². The van der Waals surface area contributed by atoms with E-state index in [1.807, 2.05) is 0 Å². The van der Waals surface area contributed by atoms with Gasteiger partial charge < -0.3 is 4.74 Å². The van der Waals surface area contributed by atoms with Crippen molar-refractivity contribution in [2.24, 2.45) is 0 Å². The second-order valence-corrected chi connectivity index (χ2v) is 5.00. The van der Waals surface area contributed by atoms with Gasteiger partial charge in [-0.1, -0.05) is 41.4 Å². The maximum atomic E-state index is 13.7. The first-order valence-corrected chi connectivity index (χ1v) is 6.81. The lowest BCUT2D eigenvalue weighted by atomic mass is 10.2. The van der Waals surface area contributed by atoms with Crippen molar-refractivity contribution in [3.8, 4) is 5.75 Å². The number of ether oxygens (including phenoxy) is 1. The number of benzene rings is 2. The molecule has 0 aliphatic rings. The Kier molecular flexibility index (Phi) is 4.92. The van der Waals surface area contributed by atoms with Crippen LogP contribution in [0.3, 0.4) is 0 Å². The first-order chi connectivity index (χ1) is 9.11. The average Bonchev–Trinajstić information content (AvgIpc) is 2.39. The van der Waals surface area contributed by atoms with Crippen molar-refractivity contribution < 1.29 is 9.13 Å². The molecule has 2 aromatic carbocycles. The minimum Gasteiger partial charge on any atom is -0.485 e. The van der Waals surface area contributed by atoms with Gasteiger partial charge in [0.05, 0.1) is 5.88 Å². The summed E-state index contributed by atoms with van der Waals surface area (Å²) >= 11 is 17.6. The molecule has 19 heavy (non-hydrogen) atoms. The van der Waals surface area contributed by atoms with Crippen LogP contribution in [0.2, 0.25) is 10.0 Å². The van der Waals surface area contributed by atoms with E-state index < -0.39 is 5.82 Å². The molecule has 0 spiro atoms. The van der Waals surface area contributed by atoms with Crippen LogP contribution in [0.15, 0.2) is 36.4 Å². The smallest absolute Gasteiger partial charge is 0.165 e. The topological polar surface area (TPSA) is 9.23 Å². The molecule has 1 nitrogen and oxygen atoms in total. The van der Waals surface area contributed by atoms with Crippen molar-refractivity contribution in [1.82, 2.24) is 0 Å². The molecule has 2 aromatic rings. The van der Waals surface area contributed by atoms with Gasteiger partial charge in [-0.05, 0) is 18.2 Å². The molecule has 0 aliphatic heterocycles. The fourth-order valence-electron chi connectivity index (χ4n) is 1.61. The standard InChI is InChI=1S/C14H10Cl3FO/c15-7-9-2-1-3-13(18)14(9)19-8-10-4-5-11(16)6-12(10)17/h1-6H,7-8H2. The maximum absolute atomic E-state index is 13.7. The van der Waals surface area contributed by atoms with Crippen molar-refractivity contribution in [2.75, 3.05) is 0 Å². The van der Waals surface area contributed by atoms with Crippen molar-refractivity contribution in [1.29, 1.82) is 0 Å². The van der Waals surface area contributed by atoms with Crippen LogP contribution in [0.5, 0.6) is 5.75 Å². The Morgan fingerprint density at radius 2 is 1.84 bits per heavy atom. The van der Waals surface area contributed by atoms with E-state index >= 15 is 0 Å². The Hall–Kier alpha value is -0.960. The Morgan fingerprint density at radius 3 is 2.53 bits per heavy atom. The molecular weight excluding hydrogens is 310 g/mol. The predicted molar refractivity (Wildman–Crippen MR) is 76.8 cm³/mol. The molecule has 0 amide bonds. The zero-order valence-corrected chi connectivity index (χ0v) is 12.1. The molecule has 0 saturated carbocycles. The van der Waals surface area contributed by atoms with Crippen LogP contribution < -0.4 is 4.74 Å². The fraction of sp³-hybridized carbons (Fsp3) is 0.143. The van der Waals surface area contributed by atoms with Crippen molar-refractivity contribution in [3.63, 3.8) is 0 Å². The van der Waals surface area contributed by atoms with Gasteiger partial charge in [-0.25, -0.2) is 4.39 Å². The highest BCUT2D eigenvalue weighted by Gasteiger charge is 2.10. The van der Waals surface area contributed by atoms with Crippen LogP contribution >= 0.6 is 34.8 Å². The van der Waals surface area contributed by atoms with Gasteiger partial charge in [0, 0.05) is 21.2 Å². The van der Waals surface area contributed by atoms with E-state index in [4.69, 9.17) is 39.5 Å². The van der Waals surface area contributed by atoms with Crippen molar-refractivity contribution in [3.05, 3.63) is 63.4 Å². The first kappa shape index (κ1) is 14.4. The summed E-state index contributed by atoms with van der Waals surface area (Å²) in [7, 11) is 0. The van der Waals surface area contributed by atoms with Crippen molar-refractivity contribution in [2.45, 2.75) is 12.5 Å². The number of halogens is 4. The molecule has 0 radical (unpaired) electrons. The third kappa shape index (κ3) is 3.53. The van der Waals surface area contributed by atoms with Gasteiger partial charge in [-0.3, -0.25) is 0 Å². The van der Waals surface area contributed by atoms with E-state index in [2.05, 4.69) is 0 Å². The van der Waals surface area contributed by atoms with Crippen LogP contribution in [0.4, 0.5) is 4.39 Å². The Morgan fingerprint density at radius 1 is 1.05 bits per heavy atom. The van der Waals surface area contributed by atoms with Gasteiger partial charge in [0.15, 0.2) is 11.6 Å². The van der Waals surface area contributed by atoms with Gasteiger partial charge in [0.25, 0.3) is 0 Å². The van der Waals surface area contributed by atoms with Gasteiger partial charge in [0.2, 0.25) is 0 Å². The molecular formula is C14H10Cl3FO. The Bertz CT molecular complexity index is 587. The van der Waals surface area contributed by atoms with E-state index in [-0.39, 0.29) is 18.2 Å². The van der Waals surface area contributed by atoms with Crippen LogP contribution in [0, 0.1) is 5.82 Å². The molecule has 0 bridgehead atoms. The highest BCUT2D eigenvalue weighted by Crippen LogP contribution is 2.27. The molecule has 0 aliphatic carbocycles. The summed E-state index contributed by atoms with van der Waals surface area (Å²) in [5, 5.41) is 1.03. The van der Waals surface area contributed by atoms with E-state index in [9.17, 15) is 4.39 Å². The SMILES string of the molecule is Fc1cccc(CCl)c1OCc1ccc(Cl)cc1Cl. The van der Waals surface area contributed by atoms with Crippen molar-refractivity contribution >= 4 is 34.8 Å². The van der Waals surface area contributed by atoms with Gasteiger partial charge >= 0.3 is 0 Å².